The zero-order valence-electron chi connectivity index (χ0n) is 27.0. The highest BCUT2D eigenvalue weighted by molar-refractivity contribution is 7.88. The molecule has 0 radical (unpaired) electrons. The molecule has 2 atom stereocenters. The first kappa shape index (κ1) is 33.8. The number of amides is 2. The number of ether oxygens (including phenoxy) is 1. The highest BCUT2D eigenvalue weighted by Gasteiger charge is 2.50. The summed E-state index contributed by atoms with van der Waals surface area (Å²) in [6, 6.07) is 9.65. The Labute approximate surface area is 277 Å². The molecule has 1 saturated carbocycles. The predicted molar refractivity (Wildman–Crippen MR) is 171 cm³/mol. The van der Waals surface area contributed by atoms with Gasteiger partial charge in [0.15, 0.2) is 0 Å². The van der Waals surface area contributed by atoms with E-state index < -0.39 is 27.8 Å². The average Bonchev–Trinajstić information content (AvgIpc) is 3.86. The minimum atomic E-state index is -5.80. The topological polar surface area (TPSA) is 131 Å². The van der Waals surface area contributed by atoms with Crippen molar-refractivity contribution in [3.8, 4) is 28.1 Å². The Morgan fingerprint density at radius 1 is 1.02 bits per heavy atom. The molecule has 2 fully saturated rings. The van der Waals surface area contributed by atoms with E-state index in [2.05, 4.69) is 19.5 Å². The van der Waals surface area contributed by atoms with E-state index >= 15 is 0 Å². The number of hydrogen-bond donors (Lipinski definition) is 2. The molecular formula is C34H39F3N4O6S. The molecule has 1 aliphatic heterocycles. The van der Waals surface area contributed by atoms with Crippen LogP contribution >= 0.6 is 0 Å². The minimum absolute atomic E-state index is 0.106. The van der Waals surface area contributed by atoms with Gasteiger partial charge in [0.1, 0.15) is 17.6 Å². The van der Waals surface area contributed by atoms with Crippen molar-refractivity contribution in [2.45, 2.75) is 82.8 Å². The second kappa shape index (κ2) is 12.8. The first-order valence-corrected chi connectivity index (χ1v) is 17.6. The normalized spacial score (nSPS) is 19.5. The fraction of sp³-hybridized carbons (Fsp3) is 0.500. The molecule has 3 aromatic rings. The number of nitrogens with one attached hydrogen (secondary N) is 2. The second-order valence-electron chi connectivity index (χ2n) is 13.4. The number of likely N-dealkylation sites (tertiary alicyclic amines) is 1. The summed E-state index contributed by atoms with van der Waals surface area (Å²) in [5.41, 5.74) is -0.985. The summed E-state index contributed by atoms with van der Waals surface area (Å²) in [6.07, 6.45) is 7.60. The van der Waals surface area contributed by atoms with E-state index in [1.54, 1.807) is 17.2 Å². The molecule has 1 saturated heterocycles. The van der Waals surface area contributed by atoms with Crippen LogP contribution in [0.2, 0.25) is 0 Å². The lowest BCUT2D eigenvalue weighted by Gasteiger charge is -2.30. The maximum Gasteiger partial charge on any atom is 0.534 e. The number of methoxy groups -OCH3 is 1. The Morgan fingerprint density at radius 2 is 1.69 bits per heavy atom. The number of rotatable bonds is 8. The van der Waals surface area contributed by atoms with Gasteiger partial charge >= 0.3 is 21.7 Å². The summed E-state index contributed by atoms with van der Waals surface area (Å²) in [6.45, 7) is 4.26. The van der Waals surface area contributed by atoms with E-state index in [-0.39, 0.29) is 29.0 Å². The Hall–Kier alpha value is -4.07. The van der Waals surface area contributed by atoms with Crippen LogP contribution in [-0.2, 0) is 32.5 Å². The van der Waals surface area contributed by atoms with Gasteiger partial charge < -0.3 is 24.1 Å². The fourth-order valence-electron chi connectivity index (χ4n) is 7.55. The molecule has 258 valence electrons. The number of aromatic nitrogens is 2. The minimum Gasteiger partial charge on any atom is -0.453 e. The molecule has 1 spiro atoms. The third-order valence-electron chi connectivity index (χ3n) is 9.98. The summed E-state index contributed by atoms with van der Waals surface area (Å²) in [4.78, 5) is 35.1. The van der Waals surface area contributed by atoms with Crippen molar-refractivity contribution in [2.24, 2.45) is 11.3 Å². The third-order valence-corrected chi connectivity index (χ3v) is 11.0. The number of fused-ring (bicyclic) bond motifs is 1. The van der Waals surface area contributed by atoms with Crippen LogP contribution in [0.15, 0.2) is 42.6 Å². The third kappa shape index (κ3) is 6.38. The molecule has 48 heavy (non-hydrogen) atoms. The van der Waals surface area contributed by atoms with Crippen LogP contribution in [0, 0.1) is 11.3 Å². The zero-order valence-corrected chi connectivity index (χ0v) is 27.8. The largest absolute Gasteiger partial charge is 0.534 e. The van der Waals surface area contributed by atoms with Crippen LogP contribution in [0.4, 0.5) is 18.0 Å². The van der Waals surface area contributed by atoms with Crippen LogP contribution in [-0.4, -0.2) is 60.5 Å². The highest BCUT2D eigenvalue weighted by Crippen LogP contribution is 2.53. The van der Waals surface area contributed by atoms with Crippen molar-refractivity contribution in [3.05, 3.63) is 59.5 Å². The van der Waals surface area contributed by atoms with Crippen LogP contribution in [0.25, 0.3) is 22.4 Å². The summed E-state index contributed by atoms with van der Waals surface area (Å²) < 4.78 is 72.8. The van der Waals surface area contributed by atoms with Crippen molar-refractivity contribution in [1.29, 1.82) is 0 Å². The number of aromatic amines is 1. The van der Waals surface area contributed by atoms with Gasteiger partial charge in [-0.15, -0.1) is 0 Å². The molecule has 1 aromatic heterocycles. The van der Waals surface area contributed by atoms with Gasteiger partial charge in [-0.2, -0.15) is 21.6 Å². The number of nitrogens with zero attached hydrogens (tertiary/aromatic N) is 2. The maximum atomic E-state index is 13.5. The number of H-pyrrole nitrogens is 1. The first-order valence-electron chi connectivity index (χ1n) is 16.2. The van der Waals surface area contributed by atoms with Crippen molar-refractivity contribution in [3.63, 3.8) is 0 Å². The summed E-state index contributed by atoms with van der Waals surface area (Å²) in [5.74, 6) is 0.0472. The Morgan fingerprint density at radius 3 is 2.33 bits per heavy atom. The van der Waals surface area contributed by atoms with Gasteiger partial charge in [0, 0.05) is 12.1 Å². The molecule has 2 aliphatic carbocycles. The molecule has 2 aromatic carbocycles. The molecule has 2 N–H and O–H groups in total. The number of carbonyl (C=O) groups excluding carboxylic acids is 2. The Kier molecular flexibility index (Phi) is 8.98. The molecule has 2 amide bonds. The lowest BCUT2D eigenvalue weighted by atomic mass is 9.83. The smallest absolute Gasteiger partial charge is 0.453 e. The van der Waals surface area contributed by atoms with E-state index in [0.717, 1.165) is 66.5 Å². The first-order chi connectivity index (χ1) is 22.7. The van der Waals surface area contributed by atoms with Gasteiger partial charge in [-0.3, -0.25) is 4.79 Å². The summed E-state index contributed by atoms with van der Waals surface area (Å²) in [7, 11) is -4.54. The molecule has 2 heterocycles. The molecule has 14 heteroatoms. The van der Waals surface area contributed by atoms with Gasteiger partial charge in [0.2, 0.25) is 5.91 Å². The number of imidazole rings is 1. The number of benzene rings is 2. The van der Waals surface area contributed by atoms with Crippen molar-refractivity contribution in [1.82, 2.24) is 20.2 Å². The Bertz CT molecular complexity index is 1800. The predicted octanol–water partition coefficient (Wildman–Crippen LogP) is 6.68. The van der Waals surface area contributed by atoms with Crippen LogP contribution in [0.5, 0.6) is 5.75 Å². The van der Waals surface area contributed by atoms with Gasteiger partial charge in [0.25, 0.3) is 0 Å². The number of alkyl halides is 3. The lowest BCUT2D eigenvalue weighted by molar-refractivity contribution is -0.135. The SMILES string of the molecule is COC(=O)N[C@H](C(=O)N1CCC[C@H]1c1ncc(-c2ccc(-c3ccc(OS(=O)(=O)C(F)(F)F)c4c3CC3(CCCC3)C4)cc2)[nH]1)C(C)C. The highest BCUT2D eigenvalue weighted by atomic mass is 32.2. The standard InChI is InChI=1S/C34H39F3N4O6S/c1-20(2)29(40-32(43)46-3)31(42)41-16-6-7-27(41)30-38-19-26(39-30)22-10-8-21(9-11-22)23-12-13-28(47-48(44,45)34(35,36)37)25-18-33(17-24(23)25)14-4-5-15-33/h8-13,19-20,27,29H,4-7,14-18H2,1-3H3,(H,38,39)(H,40,43)/t27-,29-/m0/s1. The van der Waals surface area contributed by atoms with E-state index in [4.69, 9.17) is 4.74 Å². The van der Waals surface area contributed by atoms with Gasteiger partial charge in [0.05, 0.1) is 25.0 Å². The molecular weight excluding hydrogens is 649 g/mol. The number of carbonyl (C=O) groups is 2. The number of alkyl carbamates (subject to hydrolysis) is 1. The fourth-order valence-corrected chi connectivity index (χ4v) is 8.03. The molecule has 3 aliphatic rings. The van der Waals surface area contributed by atoms with Gasteiger partial charge in [-0.25, -0.2) is 9.78 Å². The molecule has 6 rings (SSSR count). The van der Waals surface area contributed by atoms with E-state index in [9.17, 15) is 31.2 Å². The van der Waals surface area contributed by atoms with Crippen LogP contribution in [0.1, 0.15) is 75.4 Å². The molecule has 10 nitrogen and oxygen atoms in total. The summed E-state index contributed by atoms with van der Waals surface area (Å²) >= 11 is 0. The number of hydrogen-bond acceptors (Lipinski definition) is 7. The number of halogens is 3. The van der Waals surface area contributed by atoms with Crippen molar-refractivity contribution < 1.29 is 40.1 Å². The van der Waals surface area contributed by atoms with Gasteiger partial charge in [-0.1, -0.05) is 57.0 Å². The van der Waals surface area contributed by atoms with Crippen molar-refractivity contribution in [2.75, 3.05) is 13.7 Å². The second-order valence-corrected chi connectivity index (χ2v) is 15.0. The lowest BCUT2D eigenvalue weighted by Crippen LogP contribution is -2.51. The van der Waals surface area contributed by atoms with E-state index in [0.29, 0.717) is 30.8 Å². The summed E-state index contributed by atoms with van der Waals surface area (Å²) in [5, 5.41) is 2.65. The van der Waals surface area contributed by atoms with Crippen molar-refractivity contribution >= 4 is 22.1 Å². The Balaban J connectivity index is 1.24. The monoisotopic (exact) mass is 688 g/mol. The quantitative estimate of drug-likeness (QED) is 0.200. The van der Waals surface area contributed by atoms with Gasteiger partial charge in [-0.05, 0) is 78.2 Å². The maximum absolute atomic E-state index is 13.5. The van der Waals surface area contributed by atoms with Crippen LogP contribution < -0.4 is 9.50 Å². The average molecular weight is 689 g/mol. The van der Waals surface area contributed by atoms with E-state index in [1.165, 1.54) is 13.2 Å². The molecule has 0 bridgehead atoms. The molecule has 0 unspecified atom stereocenters. The van der Waals surface area contributed by atoms with E-state index in [1.807, 2.05) is 38.1 Å². The van der Waals surface area contributed by atoms with Crippen LogP contribution in [0.3, 0.4) is 0 Å². The zero-order chi connectivity index (χ0) is 34.4.